The van der Waals surface area contributed by atoms with E-state index < -0.39 is 5.82 Å². The molecule has 2 aromatic carbocycles. The Kier molecular flexibility index (Phi) is 7.09. The number of hydrogen-bond acceptors (Lipinski definition) is 5. The van der Waals surface area contributed by atoms with E-state index >= 15 is 0 Å². The molecule has 0 spiro atoms. The Morgan fingerprint density at radius 1 is 1.20 bits per heavy atom. The maximum absolute atomic E-state index is 14.1. The molecule has 35 heavy (non-hydrogen) atoms. The van der Waals surface area contributed by atoms with E-state index in [9.17, 15) is 4.39 Å². The Balaban J connectivity index is 1.50. The molecule has 0 saturated carbocycles. The largest absolute Gasteiger partial charge is 0.494 e. The molecule has 4 aromatic rings. The van der Waals surface area contributed by atoms with Gasteiger partial charge in [-0.2, -0.15) is 4.98 Å². The first-order chi connectivity index (χ1) is 17.0. The minimum Gasteiger partial charge on any atom is -0.494 e. The van der Waals surface area contributed by atoms with Crippen LogP contribution in [0.4, 0.5) is 10.3 Å². The first-order valence-corrected chi connectivity index (χ1v) is 12.4. The second-order valence-corrected chi connectivity index (χ2v) is 9.56. The van der Waals surface area contributed by atoms with Gasteiger partial charge in [0.1, 0.15) is 5.65 Å². The number of fused-ring (bicyclic) bond motifs is 1. The van der Waals surface area contributed by atoms with Crippen molar-refractivity contribution in [3.63, 3.8) is 0 Å². The molecule has 1 saturated heterocycles. The number of benzene rings is 2. The van der Waals surface area contributed by atoms with E-state index in [1.807, 2.05) is 30.3 Å². The molecule has 1 atom stereocenters. The Morgan fingerprint density at radius 2 is 2.03 bits per heavy atom. The zero-order valence-electron chi connectivity index (χ0n) is 19.3. The number of methoxy groups -OCH3 is 1. The molecule has 0 radical (unpaired) electrons. The molecule has 1 unspecified atom stereocenters. The number of ether oxygens (including phenoxy) is 1. The lowest BCUT2D eigenvalue weighted by Gasteiger charge is -2.24. The van der Waals surface area contributed by atoms with Gasteiger partial charge in [-0.3, -0.25) is 0 Å². The van der Waals surface area contributed by atoms with Crippen LogP contribution in [0.5, 0.6) is 5.75 Å². The van der Waals surface area contributed by atoms with Crippen molar-refractivity contribution in [2.24, 2.45) is 5.92 Å². The van der Waals surface area contributed by atoms with Gasteiger partial charge in [-0.25, -0.2) is 9.37 Å². The fourth-order valence-electron chi connectivity index (χ4n) is 4.60. The SMILES string of the molecule is COc1ccc(CNc2ncc3cc(-c4c(Cl)cccc4Cl)n(CC4CCCNC4)c3n2)cc1F. The molecule has 0 bridgehead atoms. The van der Waals surface area contributed by atoms with E-state index in [0.717, 1.165) is 60.3 Å². The normalized spacial score (nSPS) is 15.9. The van der Waals surface area contributed by atoms with Crippen molar-refractivity contribution in [3.8, 4) is 17.0 Å². The number of rotatable bonds is 7. The van der Waals surface area contributed by atoms with Gasteiger partial charge in [-0.1, -0.05) is 35.3 Å². The Bertz CT molecular complexity index is 1330. The van der Waals surface area contributed by atoms with Crippen LogP contribution in [0.15, 0.2) is 48.7 Å². The average Bonchev–Trinajstić information content (AvgIpc) is 3.20. The molecule has 1 aliphatic rings. The third-order valence-corrected chi connectivity index (χ3v) is 6.99. The molecule has 9 heteroatoms. The lowest BCUT2D eigenvalue weighted by Crippen LogP contribution is -2.32. The highest BCUT2D eigenvalue weighted by Gasteiger charge is 2.21. The van der Waals surface area contributed by atoms with Crippen molar-refractivity contribution in [2.45, 2.75) is 25.9 Å². The minimum absolute atomic E-state index is 0.215. The van der Waals surface area contributed by atoms with Crippen molar-refractivity contribution in [2.75, 3.05) is 25.5 Å². The fourth-order valence-corrected chi connectivity index (χ4v) is 5.19. The number of hydrogen-bond donors (Lipinski definition) is 2. The van der Waals surface area contributed by atoms with Gasteiger partial charge in [0.15, 0.2) is 11.6 Å². The van der Waals surface area contributed by atoms with E-state index in [1.165, 1.54) is 13.2 Å². The van der Waals surface area contributed by atoms with Crippen LogP contribution in [0.3, 0.4) is 0 Å². The predicted molar refractivity (Wildman–Crippen MR) is 139 cm³/mol. The molecule has 6 nitrogen and oxygen atoms in total. The molecular weight excluding hydrogens is 488 g/mol. The van der Waals surface area contributed by atoms with Gasteiger partial charge in [0.2, 0.25) is 5.95 Å². The quantitative estimate of drug-likeness (QED) is 0.309. The van der Waals surface area contributed by atoms with E-state index in [2.05, 4.69) is 20.2 Å². The summed E-state index contributed by atoms with van der Waals surface area (Å²) in [5.74, 6) is 0.742. The second kappa shape index (κ2) is 10.4. The first-order valence-electron chi connectivity index (χ1n) is 11.6. The molecule has 2 N–H and O–H groups in total. The summed E-state index contributed by atoms with van der Waals surface area (Å²) in [6.07, 6.45) is 4.08. The van der Waals surface area contributed by atoms with Crippen LogP contribution in [0, 0.1) is 11.7 Å². The minimum atomic E-state index is -0.403. The van der Waals surface area contributed by atoms with Gasteiger partial charge in [0, 0.05) is 30.2 Å². The summed E-state index contributed by atoms with van der Waals surface area (Å²) in [6.45, 7) is 3.17. The van der Waals surface area contributed by atoms with Crippen LogP contribution in [0.2, 0.25) is 10.0 Å². The van der Waals surface area contributed by atoms with Crippen LogP contribution in [0.1, 0.15) is 18.4 Å². The van der Waals surface area contributed by atoms with E-state index in [-0.39, 0.29) is 5.75 Å². The third-order valence-electron chi connectivity index (χ3n) is 6.36. The van der Waals surface area contributed by atoms with Crippen molar-refractivity contribution >= 4 is 40.2 Å². The Morgan fingerprint density at radius 3 is 2.74 bits per heavy atom. The number of anilines is 1. The molecule has 0 amide bonds. The summed E-state index contributed by atoms with van der Waals surface area (Å²) < 4.78 is 21.3. The van der Waals surface area contributed by atoms with Gasteiger partial charge in [0.05, 0.1) is 22.8 Å². The highest BCUT2D eigenvalue weighted by molar-refractivity contribution is 6.39. The van der Waals surface area contributed by atoms with Crippen LogP contribution >= 0.6 is 23.2 Å². The van der Waals surface area contributed by atoms with Gasteiger partial charge in [-0.15, -0.1) is 0 Å². The average molecular weight is 514 g/mol. The zero-order chi connectivity index (χ0) is 24.4. The molecule has 5 rings (SSSR count). The summed E-state index contributed by atoms with van der Waals surface area (Å²) >= 11 is 13.2. The van der Waals surface area contributed by atoms with Crippen molar-refractivity contribution in [3.05, 3.63) is 70.1 Å². The van der Waals surface area contributed by atoms with Gasteiger partial charge >= 0.3 is 0 Å². The number of nitrogens with zero attached hydrogens (tertiary/aromatic N) is 3. The highest BCUT2D eigenvalue weighted by atomic mass is 35.5. The van der Waals surface area contributed by atoms with Crippen LogP contribution < -0.4 is 15.4 Å². The molecule has 1 fully saturated rings. The van der Waals surface area contributed by atoms with E-state index in [0.29, 0.717) is 28.5 Å². The Labute approximate surface area is 213 Å². The standard InChI is InChI=1S/C26H26Cl2FN5O/c1-35-23-8-7-16(10-21(23)29)13-31-26-32-14-18-11-22(24-19(27)5-2-6-20(24)28)34(25(18)33-26)15-17-4-3-9-30-12-17/h2,5-8,10-11,14,17,30H,3-4,9,12-13,15H2,1H3,(H,31,32,33). The van der Waals surface area contributed by atoms with Gasteiger partial charge < -0.3 is 19.9 Å². The highest BCUT2D eigenvalue weighted by Crippen LogP contribution is 2.38. The maximum atomic E-state index is 14.1. The monoisotopic (exact) mass is 513 g/mol. The second-order valence-electron chi connectivity index (χ2n) is 8.74. The zero-order valence-corrected chi connectivity index (χ0v) is 20.8. The molecule has 1 aliphatic heterocycles. The van der Waals surface area contributed by atoms with Gasteiger partial charge in [-0.05, 0) is 67.7 Å². The topological polar surface area (TPSA) is 64.0 Å². The molecule has 2 aromatic heterocycles. The summed E-state index contributed by atoms with van der Waals surface area (Å²) in [7, 11) is 1.45. The number of piperidine rings is 1. The summed E-state index contributed by atoms with van der Waals surface area (Å²) in [5, 5.41) is 8.79. The summed E-state index contributed by atoms with van der Waals surface area (Å²) in [5.41, 5.74) is 3.28. The fraction of sp³-hybridized carbons (Fsp3) is 0.308. The number of halogens is 3. The van der Waals surface area contributed by atoms with Crippen molar-refractivity contribution < 1.29 is 9.13 Å². The van der Waals surface area contributed by atoms with E-state index in [4.69, 9.17) is 32.9 Å². The lowest BCUT2D eigenvalue weighted by molar-refractivity contribution is 0.341. The van der Waals surface area contributed by atoms with Crippen LogP contribution in [-0.2, 0) is 13.1 Å². The Hall–Kier alpha value is -2.87. The summed E-state index contributed by atoms with van der Waals surface area (Å²) in [6, 6.07) is 12.4. The molecule has 182 valence electrons. The summed E-state index contributed by atoms with van der Waals surface area (Å²) in [4.78, 5) is 9.32. The smallest absolute Gasteiger partial charge is 0.224 e. The predicted octanol–water partition coefficient (Wildman–Crippen LogP) is 6.16. The third kappa shape index (κ3) is 5.08. The van der Waals surface area contributed by atoms with Crippen molar-refractivity contribution in [1.29, 1.82) is 0 Å². The first kappa shape index (κ1) is 23.9. The number of nitrogens with one attached hydrogen (secondary N) is 2. The van der Waals surface area contributed by atoms with E-state index in [1.54, 1.807) is 12.3 Å². The van der Waals surface area contributed by atoms with Crippen LogP contribution in [0.25, 0.3) is 22.3 Å². The van der Waals surface area contributed by atoms with Crippen LogP contribution in [-0.4, -0.2) is 34.7 Å². The molecular formula is C26H26Cl2FN5O. The molecule has 0 aliphatic carbocycles. The van der Waals surface area contributed by atoms with Crippen molar-refractivity contribution in [1.82, 2.24) is 19.9 Å². The maximum Gasteiger partial charge on any atom is 0.224 e. The lowest BCUT2D eigenvalue weighted by atomic mass is 9.99. The molecule has 3 heterocycles. The number of aromatic nitrogens is 3. The van der Waals surface area contributed by atoms with Gasteiger partial charge in [0.25, 0.3) is 0 Å².